The van der Waals surface area contributed by atoms with Gasteiger partial charge in [-0.1, -0.05) is 60.7 Å². The minimum absolute atomic E-state index is 0.167. The molecule has 3 aromatic carbocycles. The van der Waals surface area contributed by atoms with Crippen molar-refractivity contribution in [1.82, 2.24) is 9.55 Å². The molecule has 1 aliphatic heterocycles. The van der Waals surface area contributed by atoms with Gasteiger partial charge in [0.05, 0.1) is 16.6 Å². The molecule has 1 atom stereocenters. The third-order valence-corrected chi connectivity index (χ3v) is 4.83. The molecule has 1 aliphatic rings. The molecule has 1 aromatic heterocycles. The zero-order chi connectivity index (χ0) is 17.0. The molecule has 2 heterocycles. The summed E-state index contributed by atoms with van der Waals surface area (Å²) in [6.07, 6.45) is 0. The lowest BCUT2D eigenvalue weighted by molar-refractivity contribution is 0.121. The number of aromatic nitrogens is 2. The summed E-state index contributed by atoms with van der Waals surface area (Å²) in [5.41, 5.74) is 0.992. The van der Waals surface area contributed by atoms with Gasteiger partial charge in [-0.25, -0.2) is 4.98 Å². The fraction of sp³-hybridized carbons (Fsp3) is 0.0476. The van der Waals surface area contributed by atoms with Crippen LogP contribution in [-0.4, -0.2) is 14.7 Å². The number of para-hydroxylation sites is 2. The average Bonchev–Trinajstić information content (AvgIpc) is 2.93. The van der Waals surface area contributed by atoms with Gasteiger partial charge in [-0.15, -0.1) is 0 Å². The SMILES string of the molecule is O=c1c2ccccc2nc2n1-c1ccccc1C2(O)c1ccccc1. The Balaban J connectivity index is 1.98. The standard InChI is InChI=1S/C21H14N2O2/c24-19-15-10-4-6-12-17(15)22-20-21(25,14-8-2-1-3-9-14)16-11-5-7-13-18(16)23(19)20/h1-13,25H. The van der Waals surface area contributed by atoms with E-state index in [0.29, 0.717) is 33.5 Å². The normalized spacial score (nSPS) is 18.1. The highest BCUT2D eigenvalue weighted by Crippen LogP contribution is 2.43. The van der Waals surface area contributed by atoms with Gasteiger partial charge >= 0.3 is 0 Å². The zero-order valence-electron chi connectivity index (χ0n) is 13.3. The van der Waals surface area contributed by atoms with Crippen molar-refractivity contribution in [3.63, 3.8) is 0 Å². The van der Waals surface area contributed by atoms with Crippen LogP contribution < -0.4 is 5.56 Å². The molecule has 1 N–H and O–H groups in total. The molecule has 0 spiro atoms. The van der Waals surface area contributed by atoms with Crippen molar-refractivity contribution in [2.75, 3.05) is 0 Å². The van der Waals surface area contributed by atoms with Crippen molar-refractivity contribution in [3.8, 4) is 5.69 Å². The number of hydrogen-bond acceptors (Lipinski definition) is 3. The van der Waals surface area contributed by atoms with E-state index in [9.17, 15) is 9.90 Å². The molecule has 0 amide bonds. The smallest absolute Gasteiger partial charge is 0.266 e. The van der Waals surface area contributed by atoms with Crippen molar-refractivity contribution >= 4 is 10.9 Å². The van der Waals surface area contributed by atoms with Gasteiger partial charge in [0, 0.05) is 5.56 Å². The molecule has 0 radical (unpaired) electrons. The number of fused-ring (bicyclic) bond motifs is 4. The van der Waals surface area contributed by atoms with Gasteiger partial charge < -0.3 is 5.11 Å². The molecule has 5 rings (SSSR count). The molecule has 4 aromatic rings. The largest absolute Gasteiger partial charge is 0.373 e. The van der Waals surface area contributed by atoms with E-state index in [1.165, 1.54) is 4.57 Å². The second-order valence-electron chi connectivity index (χ2n) is 6.19. The summed E-state index contributed by atoms with van der Waals surface area (Å²) < 4.78 is 1.53. The highest BCUT2D eigenvalue weighted by Gasteiger charge is 2.45. The Morgan fingerprint density at radius 1 is 0.840 bits per heavy atom. The summed E-state index contributed by atoms with van der Waals surface area (Å²) in [5.74, 6) is 0.337. The Hall–Kier alpha value is -3.24. The van der Waals surface area contributed by atoms with E-state index in [0.717, 1.165) is 0 Å². The summed E-state index contributed by atoms with van der Waals surface area (Å²) in [4.78, 5) is 17.8. The molecule has 0 saturated carbocycles. The predicted octanol–water partition coefficient (Wildman–Crippen LogP) is 2.98. The maximum absolute atomic E-state index is 13.1. The van der Waals surface area contributed by atoms with Gasteiger partial charge in [-0.3, -0.25) is 9.36 Å². The molecule has 4 nitrogen and oxygen atoms in total. The van der Waals surface area contributed by atoms with Crippen molar-refractivity contribution in [1.29, 1.82) is 0 Å². The van der Waals surface area contributed by atoms with Crippen LogP contribution in [0, 0.1) is 0 Å². The van der Waals surface area contributed by atoms with Crippen LogP contribution >= 0.6 is 0 Å². The number of hydrogen-bond donors (Lipinski definition) is 1. The fourth-order valence-electron chi connectivity index (χ4n) is 3.66. The van der Waals surface area contributed by atoms with Gasteiger partial charge in [0.2, 0.25) is 0 Å². The minimum Gasteiger partial charge on any atom is -0.373 e. The lowest BCUT2D eigenvalue weighted by Crippen LogP contribution is -2.31. The molecule has 0 fully saturated rings. The van der Waals surface area contributed by atoms with Crippen LogP contribution in [0.5, 0.6) is 0 Å². The van der Waals surface area contributed by atoms with Crippen LogP contribution in [0.2, 0.25) is 0 Å². The van der Waals surface area contributed by atoms with E-state index < -0.39 is 5.60 Å². The first-order chi connectivity index (χ1) is 12.2. The monoisotopic (exact) mass is 326 g/mol. The number of aliphatic hydroxyl groups is 1. The predicted molar refractivity (Wildman–Crippen MR) is 95.9 cm³/mol. The third kappa shape index (κ3) is 1.74. The maximum atomic E-state index is 13.1. The highest BCUT2D eigenvalue weighted by molar-refractivity contribution is 5.79. The summed E-state index contributed by atoms with van der Waals surface area (Å²) in [7, 11) is 0. The van der Waals surface area contributed by atoms with Crippen LogP contribution in [0.3, 0.4) is 0 Å². The first kappa shape index (κ1) is 14.1. The molecule has 0 bridgehead atoms. The van der Waals surface area contributed by atoms with Crippen molar-refractivity contribution in [2.24, 2.45) is 0 Å². The summed E-state index contributed by atoms with van der Waals surface area (Å²) in [5, 5.41) is 12.3. The summed E-state index contributed by atoms with van der Waals surface area (Å²) in [6, 6.07) is 24.0. The van der Waals surface area contributed by atoms with E-state index >= 15 is 0 Å². The summed E-state index contributed by atoms with van der Waals surface area (Å²) >= 11 is 0. The molecule has 4 heteroatoms. The quantitative estimate of drug-likeness (QED) is 0.585. The molecule has 1 unspecified atom stereocenters. The lowest BCUT2D eigenvalue weighted by atomic mass is 9.87. The van der Waals surface area contributed by atoms with Crippen LogP contribution in [0.15, 0.2) is 83.7 Å². The second-order valence-corrected chi connectivity index (χ2v) is 6.19. The van der Waals surface area contributed by atoms with Crippen LogP contribution in [-0.2, 0) is 5.60 Å². The first-order valence-electron chi connectivity index (χ1n) is 8.11. The highest BCUT2D eigenvalue weighted by atomic mass is 16.3. The van der Waals surface area contributed by atoms with Gasteiger partial charge in [0.15, 0.2) is 11.4 Å². The van der Waals surface area contributed by atoms with E-state index in [1.54, 1.807) is 12.1 Å². The Morgan fingerprint density at radius 3 is 2.36 bits per heavy atom. The number of benzene rings is 3. The first-order valence-corrected chi connectivity index (χ1v) is 8.11. The van der Waals surface area contributed by atoms with Crippen molar-refractivity contribution in [2.45, 2.75) is 5.60 Å². The molecule has 0 aliphatic carbocycles. The van der Waals surface area contributed by atoms with Gasteiger partial charge in [0.25, 0.3) is 5.56 Å². The number of rotatable bonds is 1. The molecular formula is C21H14N2O2. The molecule has 0 saturated heterocycles. The van der Waals surface area contributed by atoms with Gasteiger partial charge in [0.1, 0.15) is 0 Å². The van der Waals surface area contributed by atoms with Crippen LogP contribution in [0.4, 0.5) is 0 Å². The zero-order valence-corrected chi connectivity index (χ0v) is 13.3. The number of nitrogens with zero attached hydrogens (tertiary/aromatic N) is 2. The maximum Gasteiger partial charge on any atom is 0.266 e. The molecule has 25 heavy (non-hydrogen) atoms. The minimum atomic E-state index is -1.46. The Bertz CT molecular complexity index is 1180. The van der Waals surface area contributed by atoms with Gasteiger partial charge in [-0.2, -0.15) is 0 Å². The fourth-order valence-corrected chi connectivity index (χ4v) is 3.66. The third-order valence-electron chi connectivity index (χ3n) is 4.83. The van der Waals surface area contributed by atoms with E-state index in [1.807, 2.05) is 66.7 Å². The summed E-state index contributed by atoms with van der Waals surface area (Å²) in [6.45, 7) is 0. The van der Waals surface area contributed by atoms with E-state index in [4.69, 9.17) is 0 Å². The van der Waals surface area contributed by atoms with Crippen molar-refractivity contribution < 1.29 is 5.11 Å². The van der Waals surface area contributed by atoms with E-state index in [-0.39, 0.29) is 5.56 Å². The lowest BCUT2D eigenvalue weighted by Gasteiger charge is -2.24. The van der Waals surface area contributed by atoms with Gasteiger partial charge in [-0.05, 0) is 23.8 Å². The Kier molecular flexibility index (Phi) is 2.76. The van der Waals surface area contributed by atoms with Crippen LogP contribution in [0.25, 0.3) is 16.6 Å². The average molecular weight is 326 g/mol. The topological polar surface area (TPSA) is 55.1 Å². The Morgan fingerprint density at radius 2 is 1.52 bits per heavy atom. The second kappa shape index (κ2) is 4.88. The molecular weight excluding hydrogens is 312 g/mol. The Labute approximate surface area is 143 Å². The van der Waals surface area contributed by atoms with Crippen LogP contribution in [0.1, 0.15) is 17.0 Å². The van der Waals surface area contributed by atoms with Crippen molar-refractivity contribution in [3.05, 3.63) is 106 Å². The van der Waals surface area contributed by atoms with E-state index in [2.05, 4.69) is 4.98 Å². The molecule has 120 valence electrons.